The summed E-state index contributed by atoms with van der Waals surface area (Å²) < 4.78 is 5.28. The smallest absolute Gasteiger partial charge is 0.0531 e. The van der Waals surface area contributed by atoms with Gasteiger partial charge >= 0.3 is 0 Å². The molecule has 0 spiro atoms. The molecule has 0 aliphatic carbocycles. The fourth-order valence-electron chi connectivity index (χ4n) is 1.13. The Morgan fingerprint density at radius 3 is 2.78 bits per heavy atom. The third-order valence-corrected chi connectivity index (χ3v) is 1.86. The average molecular weight is 126 g/mol. The summed E-state index contributed by atoms with van der Waals surface area (Å²) in [4.78, 5) is 0. The third-order valence-electron chi connectivity index (χ3n) is 1.86. The van der Waals surface area contributed by atoms with Gasteiger partial charge in [0.05, 0.1) is 6.61 Å². The normalized spacial score (nSPS) is 27.9. The highest BCUT2D eigenvalue weighted by molar-refractivity contribution is 4.96. The molecule has 0 aromatic heterocycles. The van der Waals surface area contributed by atoms with Crippen LogP contribution in [0.1, 0.15) is 19.8 Å². The van der Waals surface area contributed by atoms with E-state index >= 15 is 0 Å². The topological polar surface area (TPSA) is 9.23 Å². The molecule has 1 fully saturated rings. The van der Waals surface area contributed by atoms with Gasteiger partial charge in [-0.1, -0.05) is 12.2 Å². The highest BCUT2D eigenvalue weighted by Crippen LogP contribution is 2.19. The van der Waals surface area contributed by atoms with Crippen LogP contribution in [0, 0.1) is 5.92 Å². The first-order chi connectivity index (χ1) is 4.30. The maximum Gasteiger partial charge on any atom is 0.0531 e. The molecule has 1 heteroatoms. The van der Waals surface area contributed by atoms with E-state index in [1.807, 2.05) is 0 Å². The van der Waals surface area contributed by atoms with E-state index in [0.29, 0.717) is 5.92 Å². The van der Waals surface area contributed by atoms with Gasteiger partial charge in [0.1, 0.15) is 0 Å². The van der Waals surface area contributed by atoms with E-state index in [0.717, 1.165) is 13.2 Å². The minimum Gasteiger partial charge on any atom is -0.381 e. The molecule has 1 atom stereocenters. The van der Waals surface area contributed by atoms with Crippen LogP contribution in [0.2, 0.25) is 0 Å². The quantitative estimate of drug-likeness (QED) is 0.488. The summed E-state index contributed by atoms with van der Waals surface area (Å²) in [5, 5.41) is 0. The number of ether oxygens (including phenoxy) is 1. The van der Waals surface area contributed by atoms with Crippen molar-refractivity contribution >= 4 is 0 Å². The minimum atomic E-state index is 0.638. The molecule has 0 bridgehead atoms. The highest BCUT2D eigenvalue weighted by atomic mass is 16.5. The van der Waals surface area contributed by atoms with Crippen molar-refractivity contribution in [2.24, 2.45) is 5.92 Å². The second-order valence-electron chi connectivity index (χ2n) is 2.76. The molecule has 1 heterocycles. The Morgan fingerprint density at radius 1 is 1.67 bits per heavy atom. The van der Waals surface area contributed by atoms with Crippen molar-refractivity contribution in [3.05, 3.63) is 12.2 Å². The maximum atomic E-state index is 5.28. The summed E-state index contributed by atoms with van der Waals surface area (Å²) in [6, 6.07) is 0. The first-order valence-electron chi connectivity index (χ1n) is 3.54. The Labute approximate surface area is 56.7 Å². The minimum absolute atomic E-state index is 0.638. The number of hydrogen-bond acceptors (Lipinski definition) is 1. The highest BCUT2D eigenvalue weighted by Gasteiger charge is 2.13. The molecule has 9 heavy (non-hydrogen) atoms. The lowest BCUT2D eigenvalue weighted by atomic mass is 9.96. The zero-order valence-electron chi connectivity index (χ0n) is 6.02. The van der Waals surface area contributed by atoms with Gasteiger partial charge in [-0.2, -0.15) is 0 Å². The van der Waals surface area contributed by atoms with Gasteiger partial charge in [0.2, 0.25) is 0 Å². The van der Waals surface area contributed by atoms with E-state index in [-0.39, 0.29) is 0 Å². The van der Waals surface area contributed by atoms with Crippen molar-refractivity contribution in [3.8, 4) is 0 Å². The number of hydrogen-bond donors (Lipinski definition) is 0. The molecule has 0 amide bonds. The van der Waals surface area contributed by atoms with Crippen molar-refractivity contribution in [1.29, 1.82) is 0 Å². The lowest BCUT2D eigenvalue weighted by molar-refractivity contribution is 0.0675. The van der Waals surface area contributed by atoms with Crippen molar-refractivity contribution in [2.45, 2.75) is 19.8 Å². The fraction of sp³-hybridized carbons (Fsp3) is 0.750. The molecule has 1 saturated heterocycles. The van der Waals surface area contributed by atoms with Crippen LogP contribution in [0.15, 0.2) is 12.2 Å². The molecule has 0 unspecified atom stereocenters. The van der Waals surface area contributed by atoms with Crippen LogP contribution in [0.4, 0.5) is 0 Å². The third kappa shape index (κ3) is 1.83. The largest absolute Gasteiger partial charge is 0.381 e. The summed E-state index contributed by atoms with van der Waals surface area (Å²) >= 11 is 0. The second kappa shape index (κ2) is 3.02. The van der Waals surface area contributed by atoms with Crippen LogP contribution in [0.25, 0.3) is 0 Å². The Morgan fingerprint density at radius 2 is 2.44 bits per heavy atom. The summed E-state index contributed by atoms with van der Waals surface area (Å²) in [6.07, 6.45) is 2.48. The standard InChI is InChI=1S/C8H14O/c1-7(2)8-4-3-5-9-6-8/h8H,1,3-6H2,2H3/t8-/m0/s1. The molecule has 0 N–H and O–H groups in total. The number of rotatable bonds is 1. The summed E-state index contributed by atoms with van der Waals surface area (Å²) in [7, 11) is 0. The van der Waals surface area contributed by atoms with Crippen LogP contribution < -0.4 is 0 Å². The molecule has 1 rings (SSSR count). The first kappa shape index (κ1) is 6.81. The van der Waals surface area contributed by atoms with Gasteiger partial charge in [0.25, 0.3) is 0 Å². The molecule has 1 nitrogen and oxygen atoms in total. The van der Waals surface area contributed by atoms with Gasteiger partial charge in [0, 0.05) is 12.5 Å². The predicted molar refractivity (Wildman–Crippen MR) is 38.4 cm³/mol. The van der Waals surface area contributed by atoms with Gasteiger partial charge < -0.3 is 4.74 Å². The second-order valence-corrected chi connectivity index (χ2v) is 2.76. The van der Waals surface area contributed by atoms with E-state index in [4.69, 9.17) is 4.74 Å². The van der Waals surface area contributed by atoms with E-state index < -0.39 is 0 Å². The lowest BCUT2D eigenvalue weighted by Gasteiger charge is -2.21. The predicted octanol–water partition coefficient (Wildman–Crippen LogP) is 1.99. The van der Waals surface area contributed by atoms with E-state index in [1.54, 1.807) is 0 Å². The Bertz CT molecular complexity index is 101. The molecule has 1 aliphatic rings. The van der Waals surface area contributed by atoms with Crippen molar-refractivity contribution in [1.82, 2.24) is 0 Å². The van der Waals surface area contributed by atoms with Crippen LogP contribution in [0.3, 0.4) is 0 Å². The summed E-state index contributed by atoms with van der Waals surface area (Å²) in [5.41, 5.74) is 1.27. The van der Waals surface area contributed by atoms with Gasteiger partial charge in [-0.25, -0.2) is 0 Å². The SMILES string of the molecule is C=C(C)[C@H]1CCCOC1. The lowest BCUT2D eigenvalue weighted by Crippen LogP contribution is -2.17. The molecule has 1 aliphatic heterocycles. The van der Waals surface area contributed by atoms with Gasteiger partial charge in [-0.05, 0) is 19.8 Å². The van der Waals surface area contributed by atoms with E-state index in [9.17, 15) is 0 Å². The fourth-order valence-corrected chi connectivity index (χ4v) is 1.13. The van der Waals surface area contributed by atoms with E-state index in [1.165, 1.54) is 18.4 Å². The molecule has 0 saturated carbocycles. The average Bonchev–Trinajstić information content (AvgIpc) is 1.90. The van der Waals surface area contributed by atoms with Crippen molar-refractivity contribution in [2.75, 3.05) is 13.2 Å². The molecule has 52 valence electrons. The summed E-state index contributed by atoms with van der Waals surface area (Å²) in [6.45, 7) is 7.83. The van der Waals surface area contributed by atoms with Crippen LogP contribution in [-0.4, -0.2) is 13.2 Å². The monoisotopic (exact) mass is 126 g/mol. The van der Waals surface area contributed by atoms with Crippen molar-refractivity contribution < 1.29 is 4.74 Å². The van der Waals surface area contributed by atoms with Crippen LogP contribution in [0.5, 0.6) is 0 Å². The Hall–Kier alpha value is -0.300. The summed E-state index contributed by atoms with van der Waals surface area (Å²) in [5.74, 6) is 0.638. The van der Waals surface area contributed by atoms with Gasteiger partial charge in [0.15, 0.2) is 0 Å². The molecular weight excluding hydrogens is 112 g/mol. The van der Waals surface area contributed by atoms with Gasteiger partial charge in [-0.3, -0.25) is 0 Å². The molecule has 0 radical (unpaired) electrons. The first-order valence-corrected chi connectivity index (χ1v) is 3.54. The van der Waals surface area contributed by atoms with E-state index in [2.05, 4.69) is 13.5 Å². The Balaban J connectivity index is 2.31. The molecule has 0 aromatic rings. The molecule has 0 aromatic carbocycles. The molecular formula is C8H14O. The zero-order valence-corrected chi connectivity index (χ0v) is 6.02. The zero-order chi connectivity index (χ0) is 6.69. The Kier molecular flexibility index (Phi) is 2.29. The van der Waals surface area contributed by atoms with Crippen molar-refractivity contribution in [3.63, 3.8) is 0 Å². The maximum absolute atomic E-state index is 5.28. The van der Waals surface area contributed by atoms with Crippen LogP contribution >= 0.6 is 0 Å². The van der Waals surface area contributed by atoms with Gasteiger partial charge in [-0.15, -0.1) is 0 Å². The van der Waals surface area contributed by atoms with Crippen LogP contribution in [-0.2, 0) is 4.74 Å².